The van der Waals surface area contributed by atoms with Crippen LogP contribution in [0.1, 0.15) is 24.5 Å². The normalized spacial score (nSPS) is 18.2. The molecule has 2 aromatic heterocycles. The molecule has 1 saturated carbocycles. The van der Waals surface area contributed by atoms with Crippen molar-refractivity contribution in [1.82, 2.24) is 10.1 Å². The first kappa shape index (κ1) is 8.99. The molecule has 0 aliphatic heterocycles. The summed E-state index contributed by atoms with van der Waals surface area (Å²) in [6.45, 7) is 0. The number of rotatable bonds is 2. The lowest BCUT2D eigenvalue weighted by Crippen LogP contribution is -1.90. The highest BCUT2D eigenvalue weighted by molar-refractivity contribution is 7.79. The van der Waals surface area contributed by atoms with E-state index in [4.69, 9.17) is 9.08 Å². The predicted octanol–water partition coefficient (Wildman–Crippen LogP) is 1.68. The Bertz CT molecular complexity index is 547. The van der Waals surface area contributed by atoms with Crippen LogP contribution in [-0.4, -0.2) is 18.9 Å². The molecule has 2 heterocycles. The molecule has 2 aromatic rings. The molecule has 6 heteroatoms. The third-order valence-corrected chi connectivity index (χ3v) is 3.12. The van der Waals surface area contributed by atoms with Crippen LogP contribution in [0.2, 0.25) is 0 Å². The largest absolute Gasteiger partial charge is 0.336 e. The van der Waals surface area contributed by atoms with Crippen molar-refractivity contribution in [2.45, 2.75) is 23.7 Å². The monoisotopic (exact) mass is 224 g/mol. The van der Waals surface area contributed by atoms with E-state index >= 15 is 0 Å². The highest BCUT2D eigenvalue weighted by Gasteiger charge is 2.29. The molecule has 0 saturated heterocycles. The minimum absolute atomic E-state index is 0.285. The Labute approximate surface area is 87.8 Å². The Morgan fingerprint density at radius 3 is 3.00 bits per heavy atom. The predicted molar refractivity (Wildman–Crippen MR) is 52.8 cm³/mol. The SMILES string of the molecule is O=S(O)c1cnc2onc(C3CC3)c2c1. The Balaban J connectivity index is 2.21. The van der Waals surface area contributed by atoms with E-state index in [1.54, 1.807) is 6.07 Å². The Morgan fingerprint density at radius 2 is 2.33 bits per heavy atom. The molecule has 0 spiro atoms. The van der Waals surface area contributed by atoms with Gasteiger partial charge in [-0.1, -0.05) is 5.16 Å². The molecule has 0 radical (unpaired) electrons. The quantitative estimate of drug-likeness (QED) is 0.785. The minimum atomic E-state index is -2.00. The smallest absolute Gasteiger partial charge is 0.258 e. The van der Waals surface area contributed by atoms with Gasteiger partial charge in [0.1, 0.15) is 0 Å². The molecule has 3 rings (SSSR count). The van der Waals surface area contributed by atoms with Crippen LogP contribution in [-0.2, 0) is 11.1 Å². The molecular weight excluding hydrogens is 216 g/mol. The first-order valence-corrected chi connectivity index (χ1v) is 5.72. The standard InChI is InChI=1S/C9H8N2O3S/c12-15(13)6-3-7-8(5-1-2-5)11-14-9(7)10-4-6/h3-5H,1-2H2,(H,12,13). The average Bonchev–Trinajstić information content (AvgIpc) is 2.98. The molecule has 1 aliphatic carbocycles. The zero-order chi connectivity index (χ0) is 10.4. The number of nitrogens with zero attached hydrogens (tertiary/aromatic N) is 2. The number of hydrogen-bond donors (Lipinski definition) is 1. The van der Waals surface area contributed by atoms with Gasteiger partial charge in [0.15, 0.2) is 11.1 Å². The molecule has 78 valence electrons. The van der Waals surface area contributed by atoms with Gasteiger partial charge in [-0.3, -0.25) is 0 Å². The fourth-order valence-corrected chi connectivity index (χ4v) is 1.94. The van der Waals surface area contributed by atoms with Gasteiger partial charge in [0.05, 0.1) is 16.0 Å². The zero-order valence-corrected chi connectivity index (χ0v) is 8.53. The van der Waals surface area contributed by atoms with Crippen molar-refractivity contribution in [3.8, 4) is 0 Å². The fourth-order valence-electron chi connectivity index (χ4n) is 1.58. The summed E-state index contributed by atoms with van der Waals surface area (Å²) in [7, 11) is 0. The van der Waals surface area contributed by atoms with Gasteiger partial charge >= 0.3 is 0 Å². The van der Waals surface area contributed by atoms with Crippen LogP contribution in [0.3, 0.4) is 0 Å². The van der Waals surface area contributed by atoms with E-state index in [0.717, 1.165) is 23.9 Å². The molecule has 1 atom stereocenters. The summed E-state index contributed by atoms with van der Waals surface area (Å²) in [4.78, 5) is 4.24. The summed E-state index contributed by atoms with van der Waals surface area (Å²) in [6.07, 6.45) is 3.54. The van der Waals surface area contributed by atoms with Gasteiger partial charge in [-0.05, 0) is 18.9 Å². The Morgan fingerprint density at radius 1 is 1.53 bits per heavy atom. The number of aromatic nitrogens is 2. The molecule has 5 nitrogen and oxygen atoms in total. The van der Waals surface area contributed by atoms with Crippen LogP contribution in [0.15, 0.2) is 21.7 Å². The van der Waals surface area contributed by atoms with Crippen LogP contribution in [0.4, 0.5) is 0 Å². The van der Waals surface area contributed by atoms with Crippen LogP contribution >= 0.6 is 0 Å². The number of pyridine rings is 1. The van der Waals surface area contributed by atoms with Crippen molar-refractivity contribution >= 4 is 22.2 Å². The molecule has 1 aliphatic rings. The third kappa shape index (κ3) is 1.46. The maximum atomic E-state index is 10.9. The summed E-state index contributed by atoms with van der Waals surface area (Å²) < 4.78 is 24.9. The molecule has 1 N–H and O–H groups in total. The maximum Gasteiger partial charge on any atom is 0.258 e. The maximum absolute atomic E-state index is 10.9. The average molecular weight is 224 g/mol. The van der Waals surface area contributed by atoms with Crippen molar-refractivity contribution in [2.75, 3.05) is 0 Å². The second-order valence-electron chi connectivity index (χ2n) is 3.61. The van der Waals surface area contributed by atoms with E-state index in [0.29, 0.717) is 11.6 Å². The van der Waals surface area contributed by atoms with Gasteiger partial charge in [0.2, 0.25) is 0 Å². The highest BCUT2D eigenvalue weighted by Crippen LogP contribution is 2.42. The minimum Gasteiger partial charge on any atom is -0.336 e. The number of fused-ring (bicyclic) bond motifs is 1. The van der Waals surface area contributed by atoms with Crippen LogP contribution < -0.4 is 0 Å². The van der Waals surface area contributed by atoms with Gasteiger partial charge in [-0.2, -0.15) is 0 Å². The van der Waals surface area contributed by atoms with E-state index in [1.807, 2.05) is 0 Å². The Hall–Kier alpha value is -1.27. The van der Waals surface area contributed by atoms with Gasteiger partial charge in [0.25, 0.3) is 5.71 Å². The van der Waals surface area contributed by atoms with Crippen LogP contribution in [0.5, 0.6) is 0 Å². The second kappa shape index (κ2) is 3.11. The topological polar surface area (TPSA) is 76.2 Å². The summed E-state index contributed by atoms with van der Waals surface area (Å²) in [5, 5.41) is 4.70. The van der Waals surface area contributed by atoms with Gasteiger partial charge in [-0.15, -0.1) is 0 Å². The summed E-state index contributed by atoms with van der Waals surface area (Å²) in [6, 6.07) is 1.63. The van der Waals surface area contributed by atoms with Gasteiger partial charge < -0.3 is 9.08 Å². The van der Waals surface area contributed by atoms with E-state index in [2.05, 4.69) is 10.1 Å². The van der Waals surface area contributed by atoms with E-state index in [-0.39, 0.29) is 4.90 Å². The van der Waals surface area contributed by atoms with Gasteiger partial charge in [-0.25, -0.2) is 9.19 Å². The first-order valence-electron chi connectivity index (χ1n) is 4.62. The van der Waals surface area contributed by atoms with Gasteiger partial charge in [0, 0.05) is 12.1 Å². The van der Waals surface area contributed by atoms with Crippen molar-refractivity contribution in [3.05, 3.63) is 18.0 Å². The zero-order valence-electron chi connectivity index (χ0n) is 7.71. The first-order chi connectivity index (χ1) is 7.25. The Kier molecular flexibility index (Phi) is 1.86. The fraction of sp³-hybridized carbons (Fsp3) is 0.333. The molecule has 15 heavy (non-hydrogen) atoms. The van der Waals surface area contributed by atoms with Crippen molar-refractivity contribution < 1.29 is 13.3 Å². The van der Waals surface area contributed by atoms with Crippen LogP contribution in [0, 0.1) is 0 Å². The summed E-state index contributed by atoms with van der Waals surface area (Å²) in [5.41, 5.74) is 1.30. The molecule has 0 aromatic carbocycles. The molecular formula is C9H8N2O3S. The number of hydrogen-bond acceptors (Lipinski definition) is 4. The van der Waals surface area contributed by atoms with Crippen molar-refractivity contribution in [1.29, 1.82) is 0 Å². The lowest BCUT2D eigenvalue weighted by Gasteiger charge is -1.94. The second-order valence-corrected chi connectivity index (χ2v) is 4.58. The van der Waals surface area contributed by atoms with Crippen molar-refractivity contribution in [2.24, 2.45) is 0 Å². The van der Waals surface area contributed by atoms with E-state index < -0.39 is 11.1 Å². The molecule has 0 amide bonds. The van der Waals surface area contributed by atoms with Crippen LogP contribution in [0.25, 0.3) is 11.1 Å². The lowest BCUT2D eigenvalue weighted by molar-refractivity contribution is 0.439. The lowest BCUT2D eigenvalue weighted by atomic mass is 10.2. The van der Waals surface area contributed by atoms with E-state index in [1.165, 1.54) is 6.20 Å². The molecule has 1 unspecified atom stereocenters. The summed E-state index contributed by atoms with van der Waals surface area (Å²) in [5.74, 6) is 0.440. The summed E-state index contributed by atoms with van der Waals surface area (Å²) >= 11 is -2.00. The molecule has 1 fully saturated rings. The highest BCUT2D eigenvalue weighted by atomic mass is 32.2. The van der Waals surface area contributed by atoms with E-state index in [9.17, 15) is 4.21 Å². The van der Waals surface area contributed by atoms with Crippen molar-refractivity contribution in [3.63, 3.8) is 0 Å². The molecule has 0 bridgehead atoms. The third-order valence-electron chi connectivity index (χ3n) is 2.50.